The minimum Gasteiger partial charge on any atom is -0.494 e. The molecule has 0 atom stereocenters. The van der Waals surface area contributed by atoms with Crippen molar-refractivity contribution in [2.75, 3.05) is 12.4 Å². The smallest absolute Gasteiger partial charge is 0.269 e. The molecule has 2 aromatic carbocycles. The maximum absolute atomic E-state index is 13.5. The third-order valence-corrected chi connectivity index (χ3v) is 2.80. The van der Waals surface area contributed by atoms with Gasteiger partial charge in [-0.1, -0.05) is 12.1 Å². The third kappa shape index (κ3) is 3.23. The molecule has 104 valence electrons. The van der Waals surface area contributed by atoms with E-state index < -0.39 is 10.7 Å². The highest BCUT2D eigenvalue weighted by Crippen LogP contribution is 2.21. The van der Waals surface area contributed by atoms with Gasteiger partial charge >= 0.3 is 0 Å². The number of benzene rings is 2. The van der Waals surface area contributed by atoms with Crippen molar-refractivity contribution >= 4 is 11.4 Å². The van der Waals surface area contributed by atoms with Crippen molar-refractivity contribution in [3.8, 4) is 5.75 Å². The summed E-state index contributed by atoms with van der Waals surface area (Å²) in [5, 5.41) is 13.6. The highest BCUT2D eigenvalue weighted by molar-refractivity contribution is 5.48. The predicted molar refractivity (Wildman–Crippen MR) is 73.4 cm³/mol. The van der Waals surface area contributed by atoms with Gasteiger partial charge in [-0.2, -0.15) is 0 Å². The van der Waals surface area contributed by atoms with Crippen LogP contribution in [-0.4, -0.2) is 12.0 Å². The number of nitrogens with zero attached hydrogens (tertiary/aromatic N) is 1. The third-order valence-electron chi connectivity index (χ3n) is 2.80. The summed E-state index contributed by atoms with van der Waals surface area (Å²) in [7, 11) is 1.41. The summed E-state index contributed by atoms with van der Waals surface area (Å²) in [6, 6.07) is 10.8. The first-order valence-corrected chi connectivity index (χ1v) is 5.91. The van der Waals surface area contributed by atoms with Crippen molar-refractivity contribution < 1.29 is 14.1 Å². The second kappa shape index (κ2) is 6.01. The van der Waals surface area contributed by atoms with Gasteiger partial charge in [0.1, 0.15) is 0 Å². The second-order valence-corrected chi connectivity index (χ2v) is 4.13. The van der Waals surface area contributed by atoms with Crippen LogP contribution in [0.5, 0.6) is 5.75 Å². The van der Waals surface area contributed by atoms with E-state index in [0.717, 1.165) is 5.56 Å². The topological polar surface area (TPSA) is 64.4 Å². The van der Waals surface area contributed by atoms with E-state index >= 15 is 0 Å². The van der Waals surface area contributed by atoms with Crippen LogP contribution in [0.1, 0.15) is 5.56 Å². The molecule has 0 aliphatic rings. The van der Waals surface area contributed by atoms with E-state index in [2.05, 4.69) is 5.32 Å². The minimum atomic E-state index is -0.448. The quantitative estimate of drug-likeness (QED) is 0.671. The molecule has 0 spiro atoms. The Morgan fingerprint density at radius 3 is 2.50 bits per heavy atom. The lowest BCUT2D eigenvalue weighted by atomic mass is 10.2. The molecule has 0 heterocycles. The van der Waals surface area contributed by atoms with Gasteiger partial charge in [-0.15, -0.1) is 0 Å². The van der Waals surface area contributed by atoms with Crippen molar-refractivity contribution in [1.82, 2.24) is 0 Å². The SMILES string of the molecule is COc1ccc(NCc2ccc([N+](=O)[O-])cc2)cc1F. The molecule has 0 saturated heterocycles. The van der Waals surface area contributed by atoms with Gasteiger partial charge in [0.05, 0.1) is 12.0 Å². The zero-order valence-corrected chi connectivity index (χ0v) is 10.8. The fourth-order valence-corrected chi connectivity index (χ4v) is 1.72. The monoisotopic (exact) mass is 276 g/mol. The Morgan fingerprint density at radius 2 is 1.95 bits per heavy atom. The van der Waals surface area contributed by atoms with Gasteiger partial charge in [0, 0.05) is 30.4 Å². The van der Waals surface area contributed by atoms with Gasteiger partial charge in [-0.3, -0.25) is 10.1 Å². The number of rotatable bonds is 5. The Kier molecular flexibility index (Phi) is 4.14. The number of anilines is 1. The molecule has 6 heteroatoms. The average Bonchev–Trinajstić information content (AvgIpc) is 2.45. The van der Waals surface area contributed by atoms with Crippen LogP contribution in [0.3, 0.4) is 0 Å². The minimum absolute atomic E-state index is 0.0456. The maximum Gasteiger partial charge on any atom is 0.269 e. The highest BCUT2D eigenvalue weighted by atomic mass is 19.1. The van der Waals surface area contributed by atoms with Crippen molar-refractivity contribution in [3.63, 3.8) is 0 Å². The molecule has 2 aromatic rings. The number of methoxy groups -OCH3 is 1. The normalized spacial score (nSPS) is 10.1. The summed E-state index contributed by atoms with van der Waals surface area (Å²) in [5.74, 6) is -0.257. The zero-order valence-electron chi connectivity index (χ0n) is 10.8. The standard InChI is InChI=1S/C14H13FN2O3/c1-20-14-7-4-11(8-13(14)15)16-9-10-2-5-12(6-3-10)17(18)19/h2-8,16H,9H2,1H3. The maximum atomic E-state index is 13.5. The molecule has 2 rings (SSSR count). The highest BCUT2D eigenvalue weighted by Gasteiger charge is 2.05. The predicted octanol–water partition coefficient (Wildman–Crippen LogP) is 3.35. The summed E-state index contributed by atoms with van der Waals surface area (Å²) in [5.41, 5.74) is 1.53. The van der Waals surface area contributed by atoms with Crippen LogP contribution >= 0.6 is 0 Å². The number of ether oxygens (including phenoxy) is 1. The lowest BCUT2D eigenvalue weighted by Crippen LogP contribution is -2.00. The molecule has 1 N–H and O–H groups in total. The van der Waals surface area contributed by atoms with Gasteiger partial charge in [0.15, 0.2) is 11.6 Å². The number of halogens is 1. The summed E-state index contributed by atoms with van der Waals surface area (Å²) in [6.45, 7) is 0.448. The van der Waals surface area contributed by atoms with Gasteiger partial charge in [0.2, 0.25) is 0 Å². The molecule has 0 saturated carbocycles. The number of hydrogen-bond acceptors (Lipinski definition) is 4. The largest absolute Gasteiger partial charge is 0.494 e. The number of nitrogens with one attached hydrogen (secondary N) is 1. The van der Waals surface area contributed by atoms with E-state index in [1.54, 1.807) is 18.2 Å². The molecule has 0 aromatic heterocycles. The number of hydrogen-bond donors (Lipinski definition) is 1. The van der Waals surface area contributed by atoms with Crippen LogP contribution < -0.4 is 10.1 Å². The Morgan fingerprint density at radius 1 is 1.25 bits per heavy atom. The molecule has 0 radical (unpaired) electrons. The molecule has 5 nitrogen and oxygen atoms in total. The van der Waals surface area contributed by atoms with Crippen LogP contribution in [0.15, 0.2) is 42.5 Å². The summed E-state index contributed by atoms with van der Waals surface area (Å²) >= 11 is 0. The van der Waals surface area contributed by atoms with Crippen LogP contribution in [0.2, 0.25) is 0 Å². The van der Waals surface area contributed by atoms with E-state index in [-0.39, 0.29) is 11.4 Å². The van der Waals surface area contributed by atoms with Crippen LogP contribution in [0, 0.1) is 15.9 Å². The summed E-state index contributed by atoms with van der Waals surface area (Å²) < 4.78 is 18.3. The fraction of sp³-hybridized carbons (Fsp3) is 0.143. The lowest BCUT2D eigenvalue weighted by molar-refractivity contribution is -0.384. The van der Waals surface area contributed by atoms with E-state index in [1.807, 2.05) is 0 Å². The van der Waals surface area contributed by atoms with Crippen molar-refractivity contribution in [1.29, 1.82) is 0 Å². The average molecular weight is 276 g/mol. The van der Waals surface area contributed by atoms with Gasteiger partial charge < -0.3 is 10.1 Å². The summed E-state index contributed by atoms with van der Waals surface area (Å²) in [6.07, 6.45) is 0. The Balaban J connectivity index is 2.01. The van der Waals surface area contributed by atoms with Crippen molar-refractivity contribution in [2.45, 2.75) is 6.54 Å². The van der Waals surface area contributed by atoms with Gasteiger partial charge in [-0.05, 0) is 17.7 Å². The first-order chi connectivity index (χ1) is 9.60. The molecule has 0 amide bonds. The Labute approximate surface area is 115 Å². The summed E-state index contributed by atoms with van der Waals surface area (Å²) in [4.78, 5) is 10.1. The van der Waals surface area contributed by atoms with Crippen LogP contribution in [0.4, 0.5) is 15.8 Å². The molecular weight excluding hydrogens is 263 g/mol. The van der Waals surface area contributed by atoms with Crippen LogP contribution in [0.25, 0.3) is 0 Å². The van der Waals surface area contributed by atoms with Crippen LogP contribution in [-0.2, 0) is 6.54 Å². The van der Waals surface area contributed by atoms with Crippen molar-refractivity contribution in [2.24, 2.45) is 0 Å². The Bertz CT molecular complexity index is 614. The molecular formula is C14H13FN2O3. The first kappa shape index (κ1) is 13.8. The zero-order chi connectivity index (χ0) is 14.5. The number of non-ortho nitro benzene ring substituents is 1. The second-order valence-electron chi connectivity index (χ2n) is 4.13. The molecule has 20 heavy (non-hydrogen) atoms. The van der Waals surface area contributed by atoms with E-state index in [0.29, 0.717) is 12.2 Å². The van der Waals surface area contributed by atoms with E-state index in [1.165, 1.54) is 31.4 Å². The van der Waals surface area contributed by atoms with E-state index in [9.17, 15) is 14.5 Å². The molecule has 0 unspecified atom stereocenters. The molecule has 0 bridgehead atoms. The first-order valence-electron chi connectivity index (χ1n) is 5.91. The number of nitro benzene ring substituents is 1. The fourth-order valence-electron chi connectivity index (χ4n) is 1.72. The molecule has 0 aliphatic carbocycles. The van der Waals surface area contributed by atoms with Gasteiger partial charge in [-0.25, -0.2) is 4.39 Å². The molecule has 0 aliphatic heterocycles. The lowest BCUT2D eigenvalue weighted by Gasteiger charge is -2.08. The number of nitro groups is 1. The van der Waals surface area contributed by atoms with Crippen molar-refractivity contribution in [3.05, 3.63) is 64.0 Å². The van der Waals surface area contributed by atoms with Gasteiger partial charge in [0.25, 0.3) is 5.69 Å². The van der Waals surface area contributed by atoms with E-state index in [4.69, 9.17) is 4.74 Å². The molecule has 0 fully saturated rings. The Hall–Kier alpha value is -2.63.